The van der Waals surface area contributed by atoms with Crippen LogP contribution in [0.4, 0.5) is 0 Å². The Morgan fingerprint density at radius 1 is 1.19 bits per heavy atom. The number of aryl methyl sites for hydroxylation is 2. The van der Waals surface area contributed by atoms with E-state index in [4.69, 9.17) is 10.5 Å². The molecule has 1 fully saturated rings. The van der Waals surface area contributed by atoms with Gasteiger partial charge < -0.3 is 10.5 Å². The minimum atomic E-state index is 0.0949. The van der Waals surface area contributed by atoms with Crippen molar-refractivity contribution in [3.63, 3.8) is 0 Å². The van der Waals surface area contributed by atoms with Gasteiger partial charge in [-0.25, -0.2) is 0 Å². The topological polar surface area (TPSA) is 35.2 Å². The first-order valence-corrected chi connectivity index (χ1v) is 5.90. The molecule has 0 heterocycles. The Labute approximate surface area is 97.8 Å². The molecule has 88 valence electrons. The van der Waals surface area contributed by atoms with Gasteiger partial charge in [-0.15, -0.1) is 0 Å². The SMILES string of the molecule is Cc1cc(C)cc(OC2CC(N)C2(C)C)c1. The summed E-state index contributed by atoms with van der Waals surface area (Å²) in [7, 11) is 0. The van der Waals surface area contributed by atoms with E-state index in [0.29, 0.717) is 0 Å². The molecule has 0 amide bonds. The highest BCUT2D eigenvalue weighted by molar-refractivity contribution is 5.33. The largest absolute Gasteiger partial charge is 0.490 e. The van der Waals surface area contributed by atoms with Crippen LogP contribution in [0.1, 0.15) is 31.4 Å². The predicted molar refractivity (Wildman–Crippen MR) is 66.7 cm³/mol. The lowest BCUT2D eigenvalue weighted by Gasteiger charge is -2.49. The third-order valence-electron chi connectivity index (χ3n) is 3.73. The predicted octanol–water partition coefficient (Wildman–Crippen LogP) is 2.81. The van der Waals surface area contributed by atoms with E-state index in [1.807, 2.05) is 0 Å². The van der Waals surface area contributed by atoms with E-state index in [0.717, 1.165) is 12.2 Å². The molecule has 0 aromatic heterocycles. The number of benzene rings is 1. The molecule has 2 atom stereocenters. The molecule has 0 radical (unpaired) electrons. The maximum atomic E-state index is 6.02. The fraction of sp³-hybridized carbons (Fsp3) is 0.571. The molecule has 2 rings (SSSR count). The molecule has 1 saturated carbocycles. The maximum absolute atomic E-state index is 6.02. The lowest BCUT2D eigenvalue weighted by molar-refractivity contribution is -0.0400. The summed E-state index contributed by atoms with van der Waals surface area (Å²) >= 11 is 0. The summed E-state index contributed by atoms with van der Waals surface area (Å²) in [5.41, 5.74) is 8.57. The highest BCUT2D eigenvalue weighted by atomic mass is 16.5. The summed E-state index contributed by atoms with van der Waals surface area (Å²) in [5, 5.41) is 0. The molecule has 0 spiro atoms. The Morgan fingerprint density at radius 3 is 2.19 bits per heavy atom. The van der Waals surface area contributed by atoms with Crippen molar-refractivity contribution >= 4 is 0 Å². The number of nitrogens with two attached hydrogens (primary N) is 1. The van der Waals surface area contributed by atoms with Gasteiger partial charge in [-0.1, -0.05) is 19.9 Å². The molecule has 1 aromatic rings. The van der Waals surface area contributed by atoms with Gasteiger partial charge in [-0.3, -0.25) is 0 Å². The first-order chi connectivity index (χ1) is 7.39. The Bertz CT molecular complexity index is 377. The molecule has 1 aromatic carbocycles. The molecule has 2 nitrogen and oxygen atoms in total. The zero-order valence-corrected chi connectivity index (χ0v) is 10.6. The molecule has 1 aliphatic rings. The minimum absolute atomic E-state index is 0.0949. The molecular weight excluding hydrogens is 198 g/mol. The molecule has 0 saturated heterocycles. The van der Waals surface area contributed by atoms with Gasteiger partial charge in [0.05, 0.1) is 0 Å². The van der Waals surface area contributed by atoms with Crippen molar-refractivity contribution in [2.24, 2.45) is 11.1 Å². The highest BCUT2D eigenvalue weighted by Gasteiger charge is 2.47. The standard InChI is InChI=1S/C14H21NO/c1-9-5-10(2)7-11(6-9)16-13-8-12(15)14(13,3)4/h5-7,12-13H,8,15H2,1-4H3. The summed E-state index contributed by atoms with van der Waals surface area (Å²) in [6.45, 7) is 8.54. The first kappa shape index (κ1) is 11.5. The minimum Gasteiger partial charge on any atom is -0.490 e. The summed E-state index contributed by atoms with van der Waals surface area (Å²) in [6, 6.07) is 6.60. The average molecular weight is 219 g/mol. The Kier molecular flexibility index (Phi) is 2.70. The van der Waals surface area contributed by atoms with Crippen LogP contribution in [0.5, 0.6) is 5.75 Å². The quantitative estimate of drug-likeness (QED) is 0.830. The van der Waals surface area contributed by atoms with Gasteiger partial charge in [0.1, 0.15) is 11.9 Å². The second-order valence-corrected chi connectivity index (χ2v) is 5.59. The average Bonchev–Trinajstić information content (AvgIpc) is 2.15. The van der Waals surface area contributed by atoms with E-state index in [1.165, 1.54) is 11.1 Å². The van der Waals surface area contributed by atoms with Gasteiger partial charge in [0.15, 0.2) is 0 Å². The third-order valence-corrected chi connectivity index (χ3v) is 3.73. The second kappa shape index (κ2) is 3.77. The van der Waals surface area contributed by atoms with Gasteiger partial charge in [0.25, 0.3) is 0 Å². The van der Waals surface area contributed by atoms with Crippen LogP contribution in [-0.4, -0.2) is 12.1 Å². The van der Waals surface area contributed by atoms with Crippen molar-refractivity contribution in [2.75, 3.05) is 0 Å². The Balaban J connectivity index is 2.11. The summed E-state index contributed by atoms with van der Waals surface area (Å²) in [4.78, 5) is 0. The van der Waals surface area contributed by atoms with Crippen LogP contribution in [0.25, 0.3) is 0 Å². The van der Waals surface area contributed by atoms with Crippen LogP contribution in [0.2, 0.25) is 0 Å². The molecule has 2 unspecified atom stereocenters. The van der Waals surface area contributed by atoms with Crippen molar-refractivity contribution in [3.8, 4) is 5.75 Å². The normalized spacial score (nSPS) is 27.3. The van der Waals surface area contributed by atoms with Crippen LogP contribution in [0, 0.1) is 19.3 Å². The maximum Gasteiger partial charge on any atom is 0.120 e. The molecular formula is C14H21NO. The van der Waals surface area contributed by atoms with E-state index >= 15 is 0 Å². The number of hydrogen-bond acceptors (Lipinski definition) is 2. The second-order valence-electron chi connectivity index (χ2n) is 5.59. The van der Waals surface area contributed by atoms with E-state index in [1.54, 1.807) is 0 Å². The summed E-state index contributed by atoms with van der Waals surface area (Å²) in [5.74, 6) is 0.975. The van der Waals surface area contributed by atoms with Crippen LogP contribution < -0.4 is 10.5 Å². The summed E-state index contributed by atoms with van der Waals surface area (Å²) in [6.07, 6.45) is 1.21. The molecule has 16 heavy (non-hydrogen) atoms. The van der Waals surface area contributed by atoms with Crippen molar-refractivity contribution in [2.45, 2.75) is 46.3 Å². The fourth-order valence-corrected chi connectivity index (χ4v) is 2.28. The highest BCUT2D eigenvalue weighted by Crippen LogP contribution is 2.41. The number of hydrogen-bond donors (Lipinski definition) is 1. The molecule has 0 aliphatic heterocycles. The molecule has 0 bridgehead atoms. The van der Waals surface area contributed by atoms with E-state index in [2.05, 4.69) is 45.9 Å². The van der Waals surface area contributed by atoms with E-state index in [-0.39, 0.29) is 17.6 Å². The molecule has 2 N–H and O–H groups in total. The zero-order valence-electron chi connectivity index (χ0n) is 10.6. The summed E-state index contributed by atoms with van der Waals surface area (Å²) < 4.78 is 6.02. The van der Waals surface area contributed by atoms with Gasteiger partial charge in [0, 0.05) is 17.9 Å². The van der Waals surface area contributed by atoms with Gasteiger partial charge >= 0.3 is 0 Å². The zero-order chi connectivity index (χ0) is 11.9. The first-order valence-electron chi connectivity index (χ1n) is 5.90. The van der Waals surface area contributed by atoms with Gasteiger partial charge in [-0.05, 0) is 37.1 Å². The van der Waals surface area contributed by atoms with Crippen LogP contribution in [0.3, 0.4) is 0 Å². The van der Waals surface area contributed by atoms with Gasteiger partial charge in [-0.2, -0.15) is 0 Å². The van der Waals surface area contributed by atoms with Crippen molar-refractivity contribution in [1.29, 1.82) is 0 Å². The van der Waals surface area contributed by atoms with E-state index in [9.17, 15) is 0 Å². The number of ether oxygens (including phenoxy) is 1. The number of rotatable bonds is 2. The van der Waals surface area contributed by atoms with Crippen molar-refractivity contribution in [1.82, 2.24) is 0 Å². The van der Waals surface area contributed by atoms with Crippen LogP contribution in [-0.2, 0) is 0 Å². The third kappa shape index (κ3) is 1.94. The monoisotopic (exact) mass is 219 g/mol. The van der Waals surface area contributed by atoms with Crippen LogP contribution >= 0.6 is 0 Å². The smallest absolute Gasteiger partial charge is 0.120 e. The fourth-order valence-electron chi connectivity index (χ4n) is 2.28. The molecule has 1 aliphatic carbocycles. The lowest BCUT2D eigenvalue weighted by atomic mass is 9.65. The Morgan fingerprint density at radius 2 is 1.75 bits per heavy atom. The lowest BCUT2D eigenvalue weighted by Crippen LogP contribution is -2.60. The Hall–Kier alpha value is -1.02. The van der Waals surface area contributed by atoms with Crippen molar-refractivity contribution in [3.05, 3.63) is 29.3 Å². The molecule has 2 heteroatoms. The van der Waals surface area contributed by atoms with Crippen molar-refractivity contribution < 1.29 is 4.74 Å². The van der Waals surface area contributed by atoms with E-state index < -0.39 is 0 Å². The van der Waals surface area contributed by atoms with Crippen LogP contribution in [0.15, 0.2) is 18.2 Å². The van der Waals surface area contributed by atoms with Gasteiger partial charge in [0.2, 0.25) is 0 Å².